The van der Waals surface area contributed by atoms with E-state index in [-0.39, 0.29) is 4.90 Å². The Labute approximate surface area is 200 Å². The van der Waals surface area contributed by atoms with Crippen LogP contribution in [0.15, 0.2) is 53.4 Å². The first kappa shape index (κ1) is 22.9. The molecular formula is C23H24N4O5S2. The first-order chi connectivity index (χ1) is 16.3. The molecule has 0 bridgehead atoms. The van der Waals surface area contributed by atoms with E-state index in [1.165, 1.54) is 28.6 Å². The lowest BCUT2D eigenvalue weighted by atomic mass is 10.2. The van der Waals surface area contributed by atoms with Gasteiger partial charge in [-0.1, -0.05) is 17.7 Å². The van der Waals surface area contributed by atoms with Crippen molar-refractivity contribution in [3.05, 3.63) is 70.9 Å². The SMILES string of the molecule is Cc1ccc(-n2nc3c(c2NC(=O)c2ccc(S(=O)(=O)N4CCOCC4)cc2)CS(=O)C3)cc1. The number of carbonyl (C=O) groups excluding carboxylic acids is 1. The Hall–Kier alpha value is -2.86. The average molecular weight is 501 g/mol. The zero-order valence-corrected chi connectivity index (χ0v) is 20.2. The lowest BCUT2D eigenvalue weighted by Gasteiger charge is -2.26. The number of benzene rings is 2. The highest BCUT2D eigenvalue weighted by Crippen LogP contribution is 2.32. The zero-order chi connectivity index (χ0) is 23.9. The van der Waals surface area contributed by atoms with Gasteiger partial charge in [-0.25, -0.2) is 13.1 Å². The number of aromatic nitrogens is 2. The van der Waals surface area contributed by atoms with Crippen molar-refractivity contribution in [1.82, 2.24) is 14.1 Å². The summed E-state index contributed by atoms with van der Waals surface area (Å²) in [5.74, 6) is 0.766. The van der Waals surface area contributed by atoms with Crippen LogP contribution in [0.25, 0.3) is 5.69 Å². The Kier molecular flexibility index (Phi) is 6.11. The second kappa shape index (κ2) is 9.06. The molecule has 34 heavy (non-hydrogen) atoms. The number of hydrogen-bond acceptors (Lipinski definition) is 6. The van der Waals surface area contributed by atoms with Gasteiger partial charge in [-0.05, 0) is 43.3 Å². The van der Waals surface area contributed by atoms with Gasteiger partial charge >= 0.3 is 0 Å². The molecule has 0 radical (unpaired) electrons. The minimum absolute atomic E-state index is 0.131. The molecule has 1 fully saturated rings. The maximum Gasteiger partial charge on any atom is 0.256 e. The molecule has 2 aliphatic rings. The number of morpholine rings is 1. The van der Waals surface area contributed by atoms with Crippen molar-refractivity contribution in [1.29, 1.82) is 0 Å². The number of nitrogens with zero attached hydrogens (tertiary/aromatic N) is 3. The van der Waals surface area contributed by atoms with Crippen molar-refractivity contribution < 1.29 is 22.2 Å². The highest BCUT2D eigenvalue weighted by atomic mass is 32.2. The predicted molar refractivity (Wildman–Crippen MR) is 128 cm³/mol. The standard InChI is InChI=1S/C23H24N4O5S2/c1-16-2-6-18(7-3-16)27-22(20-14-33(29)15-21(20)25-27)24-23(28)17-4-8-19(9-5-17)34(30,31)26-10-12-32-13-11-26/h2-9H,10-15H2,1H3,(H,24,28). The second-order valence-corrected chi connectivity index (χ2v) is 11.6. The third-order valence-corrected chi connectivity index (χ3v) is 9.02. The molecule has 2 aromatic carbocycles. The summed E-state index contributed by atoms with van der Waals surface area (Å²) in [6.45, 7) is 3.33. The highest BCUT2D eigenvalue weighted by Gasteiger charge is 2.29. The Morgan fingerprint density at radius 1 is 1.03 bits per heavy atom. The summed E-state index contributed by atoms with van der Waals surface area (Å²) in [7, 11) is -4.69. The number of hydrogen-bond donors (Lipinski definition) is 1. The fourth-order valence-corrected chi connectivity index (χ4v) is 6.70. The van der Waals surface area contributed by atoms with Gasteiger partial charge in [0.25, 0.3) is 5.91 Å². The number of ether oxygens (including phenoxy) is 1. The summed E-state index contributed by atoms with van der Waals surface area (Å²) in [6.07, 6.45) is 0. The summed E-state index contributed by atoms with van der Waals surface area (Å²) in [4.78, 5) is 13.2. The molecule has 1 amide bonds. The maximum atomic E-state index is 13.1. The van der Waals surface area contributed by atoms with Crippen molar-refractivity contribution >= 4 is 32.5 Å². The fraction of sp³-hybridized carbons (Fsp3) is 0.304. The third-order valence-electron chi connectivity index (χ3n) is 5.90. The molecule has 0 aliphatic carbocycles. The molecule has 178 valence electrons. The predicted octanol–water partition coefficient (Wildman–Crippen LogP) is 2.22. The maximum absolute atomic E-state index is 13.1. The van der Waals surface area contributed by atoms with Crippen molar-refractivity contribution in [2.24, 2.45) is 0 Å². The van der Waals surface area contributed by atoms with Crippen molar-refractivity contribution in [3.8, 4) is 5.69 Å². The van der Waals surface area contributed by atoms with E-state index in [1.807, 2.05) is 31.2 Å². The van der Waals surface area contributed by atoms with Gasteiger partial charge in [0.1, 0.15) is 5.82 Å². The molecule has 1 unspecified atom stereocenters. The van der Waals surface area contributed by atoms with E-state index in [2.05, 4.69) is 10.4 Å². The van der Waals surface area contributed by atoms with Crippen molar-refractivity contribution in [2.75, 3.05) is 31.6 Å². The number of nitrogens with one attached hydrogen (secondary N) is 1. The van der Waals surface area contributed by atoms with Gasteiger partial charge in [0.2, 0.25) is 10.0 Å². The minimum atomic E-state index is -3.64. The van der Waals surface area contributed by atoms with Gasteiger partial charge in [0.15, 0.2) is 0 Å². The number of rotatable bonds is 5. The number of amides is 1. The van der Waals surface area contributed by atoms with Gasteiger partial charge in [-0.15, -0.1) is 0 Å². The van der Waals surface area contributed by atoms with Crippen LogP contribution in [0.3, 0.4) is 0 Å². The summed E-state index contributed by atoms with van der Waals surface area (Å²) < 4.78 is 46.1. The van der Waals surface area contributed by atoms with Crippen LogP contribution >= 0.6 is 0 Å². The Balaban J connectivity index is 1.41. The molecule has 3 aromatic rings. The van der Waals surface area contributed by atoms with Crippen molar-refractivity contribution in [2.45, 2.75) is 23.3 Å². The van der Waals surface area contributed by atoms with Crippen LogP contribution in [0.5, 0.6) is 0 Å². The van der Waals surface area contributed by atoms with Crippen LogP contribution in [0, 0.1) is 6.92 Å². The van der Waals surface area contributed by atoms with E-state index in [0.29, 0.717) is 54.9 Å². The van der Waals surface area contributed by atoms with Crippen LogP contribution < -0.4 is 5.32 Å². The van der Waals surface area contributed by atoms with Crippen LogP contribution in [0.1, 0.15) is 27.2 Å². The van der Waals surface area contributed by atoms with E-state index in [1.54, 1.807) is 4.68 Å². The summed E-state index contributed by atoms with van der Waals surface area (Å²) in [5, 5.41) is 7.51. The number of fused-ring (bicyclic) bond motifs is 1. The van der Waals surface area contributed by atoms with Crippen LogP contribution in [0.2, 0.25) is 0 Å². The van der Waals surface area contributed by atoms with E-state index in [0.717, 1.165) is 16.8 Å². The van der Waals surface area contributed by atoms with E-state index in [9.17, 15) is 17.4 Å². The Morgan fingerprint density at radius 2 is 1.71 bits per heavy atom. The first-order valence-corrected chi connectivity index (χ1v) is 13.8. The molecule has 1 N–H and O–H groups in total. The van der Waals surface area contributed by atoms with Gasteiger partial charge in [-0.2, -0.15) is 9.40 Å². The number of anilines is 1. The monoisotopic (exact) mass is 500 g/mol. The number of carbonyl (C=O) groups is 1. The van der Waals surface area contributed by atoms with Gasteiger partial charge < -0.3 is 10.1 Å². The Bertz CT molecular complexity index is 1360. The second-order valence-electron chi connectivity index (χ2n) is 8.24. The first-order valence-electron chi connectivity index (χ1n) is 10.8. The van der Waals surface area contributed by atoms with Crippen LogP contribution in [-0.2, 0) is 37.1 Å². The number of aryl methyl sites for hydroxylation is 1. The average Bonchev–Trinajstić information content (AvgIpc) is 3.37. The van der Waals surface area contributed by atoms with Gasteiger partial charge in [0, 0.05) is 35.0 Å². The summed E-state index contributed by atoms with van der Waals surface area (Å²) in [6, 6.07) is 13.6. The van der Waals surface area contributed by atoms with Gasteiger partial charge in [0.05, 0.1) is 41.0 Å². The van der Waals surface area contributed by atoms with Crippen LogP contribution in [0.4, 0.5) is 5.82 Å². The third kappa shape index (κ3) is 4.31. The lowest BCUT2D eigenvalue weighted by Crippen LogP contribution is -2.40. The van der Waals surface area contributed by atoms with Crippen molar-refractivity contribution in [3.63, 3.8) is 0 Å². The molecule has 1 aromatic heterocycles. The van der Waals surface area contributed by atoms with E-state index in [4.69, 9.17) is 4.74 Å². The highest BCUT2D eigenvalue weighted by molar-refractivity contribution is 7.89. The molecule has 9 nitrogen and oxygen atoms in total. The molecule has 0 spiro atoms. The summed E-state index contributed by atoms with van der Waals surface area (Å²) in [5.41, 5.74) is 3.67. The molecule has 5 rings (SSSR count). The smallest absolute Gasteiger partial charge is 0.256 e. The molecule has 0 saturated carbocycles. The molecule has 1 atom stereocenters. The fourth-order valence-electron chi connectivity index (χ4n) is 4.02. The Morgan fingerprint density at radius 3 is 2.38 bits per heavy atom. The topological polar surface area (TPSA) is 111 Å². The number of sulfonamides is 1. The quantitative estimate of drug-likeness (QED) is 0.575. The molecule has 11 heteroatoms. The van der Waals surface area contributed by atoms with E-state index >= 15 is 0 Å². The zero-order valence-electron chi connectivity index (χ0n) is 18.6. The summed E-state index contributed by atoms with van der Waals surface area (Å²) >= 11 is 0. The molecular weight excluding hydrogens is 476 g/mol. The minimum Gasteiger partial charge on any atom is -0.379 e. The molecule has 2 aliphatic heterocycles. The molecule has 1 saturated heterocycles. The van der Waals surface area contributed by atoms with Gasteiger partial charge in [-0.3, -0.25) is 9.00 Å². The van der Waals surface area contributed by atoms with E-state index < -0.39 is 26.7 Å². The molecule has 3 heterocycles. The van der Waals surface area contributed by atoms with Crippen LogP contribution in [-0.4, -0.2) is 58.9 Å². The normalized spacial score (nSPS) is 18.6. The largest absolute Gasteiger partial charge is 0.379 e. The lowest BCUT2D eigenvalue weighted by molar-refractivity contribution is 0.0730.